The number of nitrogens with one attached hydrogen (secondary N) is 1. The molecule has 0 bridgehead atoms. The summed E-state index contributed by atoms with van der Waals surface area (Å²) in [6.45, 7) is 2.49. The van der Waals surface area contributed by atoms with Crippen LogP contribution in [0.3, 0.4) is 0 Å². The molecule has 4 rings (SSSR count). The Morgan fingerprint density at radius 1 is 1.32 bits per heavy atom. The highest BCUT2D eigenvalue weighted by atomic mass is 35.5. The molecule has 0 radical (unpaired) electrons. The van der Waals surface area contributed by atoms with Gasteiger partial charge in [-0.15, -0.1) is 0 Å². The highest BCUT2D eigenvalue weighted by molar-refractivity contribution is 7.17. The van der Waals surface area contributed by atoms with Crippen LogP contribution in [-0.4, -0.2) is 67.5 Å². The molecule has 3 amide bonds. The van der Waals surface area contributed by atoms with E-state index < -0.39 is 0 Å². The summed E-state index contributed by atoms with van der Waals surface area (Å²) in [4.78, 5) is 35.3. The highest BCUT2D eigenvalue weighted by Crippen LogP contribution is 2.47. The zero-order chi connectivity index (χ0) is 20.1. The molecular formula is C19H22ClN5O2S. The lowest BCUT2D eigenvalue weighted by Crippen LogP contribution is -2.40. The minimum atomic E-state index is -0.242. The van der Waals surface area contributed by atoms with Crippen molar-refractivity contribution < 1.29 is 9.59 Å². The van der Waals surface area contributed by atoms with Gasteiger partial charge in [0.1, 0.15) is 4.88 Å². The molecule has 1 N–H and O–H groups in total. The number of fused-ring (bicyclic) bond motifs is 2. The number of halogens is 1. The molecule has 1 unspecified atom stereocenters. The number of benzene rings is 1. The van der Waals surface area contributed by atoms with Gasteiger partial charge in [-0.1, -0.05) is 22.9 Å². The lowest BCUT2D eigenvalue weighted by atomic mass is 9.81. The van der Waals surface area contributed by atoms with Gasteiger partial charge >= 0.3 is 6.03 Å². The zero-order valence-corrected chi connectivity index (χ0v) is 17.6. The maximum Gasteiger partial charge on any atom is 0.328 e. The van der Waals surface area contributed by atoms with Crippen LogP contribution in [0.15, 0.2) is 24.4 Å². The van der Waals surface area contributed by atoms with Crippen LogP contribution >= 0.6 is 22.9 Å². The third-order valence-corrected chi connectivity index (χ3v) is 6.54. The number of thiazole rings is 1. The fourth-order valence-corrected chi connectivity index (χ4v) is 5.06. The molecule has 1 atom stereocenters. The van der Waals surface area contributed by atoms with E-state index in [1.54, 1.807) is 19.0 Å². The third-order valence-electron chi connectivity index (χ3n) is 5.41. The van der Waals surface area contributed by atoms with Crippen LogP contribution < -0.4 is 10.2 Å². The second kappa shape index (κ2) is 7.02. The number of nitrogens with zero attached hydrogens (tertiary/aromatic N) is 4. The maximum absolute atomic E-state index is 13.0. The molecule has 0 aliphatic carbocycles. The van der Waals surface area contributed by atoms with Gasteiger partial charge in [-0.3, -0.25) is 15.0 Å². The van der Waals surface area contributed by atoms with Crippen LogP contribution in [0, 0.1) is 0 Å². The summed E-state index contributed by atoms with van der Waals surface area (Å²) in [5.74, 6) is -0.132. The summed E-state index contributed by atoms with van der Waals surface area (Å²) in [5.41, 5.74) is 1.92. The van der Waals surface area contributed by atoms with Crippen LogP contribution in [0.2, 0.25) is 5.02 Å². The van der Waals surface area contributed by atoms with Gasteiger partial charge in [-0.05, 0) is 43.8 Å². The van der Waals surface area contributed by atoms with E-state index in [1.807, 2.05) is 18.2 Å². The largest absolute Gasteiger partial charge is 0.344 e. The Hall–Kier alpha value is -2.16. The smallest absolute Gasteiger partial charge is 0.328 e. The SMILES string of the molecule is CN1CCC2(C1)CN(C(=O)Nc1ncc(C(=O)N(C)C)s1)c1ccc(Cl)cc12. The van der Waals surface area contributed by atoms with Gasteiger partial charge in [0, 0.05) is 43.3 Å². The topological polar surface area (TPSA) is 68.8 Å². The number of carbonyl (C=O) groups is 2. The summed E-state index contributed by atoms with van der Waals surface area (Å²) < 4.78 is 0. The molecule has 148 valence electrons. The molecule has 1 spiro atoms. The molecule has 1 saturated heterocycles. The molecule has 1 aromatic carbocycles. The van der Waals surface area contributed by atoms with Crippen molar-refractivity contribution in [2.24, 2.45) is 0 Å². The van der Waals surface area contributed by atoms with E-state index in [0.29, 0.717) is 21.6 Å². The Kier molecular flexibility index (Phi) is 4.81. The quantitative estimate of drug-likeness (QED) is 0.812. The summed E-state index contributed by atoms with van der Waals surface area (Å²) in [6.07, 6.45) is 2.48. The number of aromatic nitrogens is 1. The van der Waals surface area contributed by atoms with Gasteiger partial charge in [0.05, 0.1) is 6.20 Å². The minimum absolute atomic E-state index is 0.0960. The van der Waals surface area contributed by atoms with Crippen molar-refractivity contribution in [2.75, 3.05) is 51.0 Å². The maximum atomic E-state index is 13.0. The average Bonchev–Trinajstić information content (AvgIpc) is 3.33. The standard InChI is InChI=1S/C19H22ClN5O2S/c1-23(2)16(26)15-9-21-17(28-15)22-18(27)25-11-19(6-7-24(3)10-19)13-8-12(20)4-5-14(13)25/h4-5,8-9H,6-7,10-11H2,1-3H3,(H,21,22,27). The van der Waals surface area contributed by atoms with Crippen LogP contribution in [0.1, 0.15) is 21.7 Å². The molecule has 7 nitrogen and oxygen atoms in total. The molecule has 2 aromatic rings. The number of hydrogen-bond donors (Lipinski definition) is 1. The number of hydrogen-bond acceptors (Lipinski definition) is 5. The summed E-state index contributed by atoms with van der Waals surface area (Å²) >= 11 is 7.43. The van der Waals surface area contributed by atoms with E-state index in [4.69, 9.17) is 11.6 Å². The molecule has 28 heavy (non-hydrogen) atoms. The number of carbonyl (C=O) groups excluding carboxylic acids is 2. The third kappa shape index (κ3) is 3.25. The van der Waals surface area contributed by atoms with Crippen molar-refractivity contribution in [3.63, 3.8) is 0 Å². The number of likely N-dealkylation sites (tertiary alicyclic amines) is 1. The molecule has 1 aromatic heterocycles. The zero-order valence-electron chi connectivity index (χ0n) is 16.0. The number of likely N-dealkylation sites (N-methyl/N-ethyl adjacent to an activating group) is 1. The first-order valence-corrected chi connectivity index (χ1v) is 10.2. The first-order chi connectivity index (χ1) is 13.3. The van der Waals surface area contributed by atoms with Crippen LogP contribution in [0.5, 0.6) is 0 Å². The molecule has 0 saturated carbocycles. The fourth-order valence-electron chi connectivity index (χ4n) is 4.06. The summed E-state index contributed by atoms with van der Waals surface area (Å²) in [6, 6.07) is 5.47. The highest BCUT2D eigenvalue weighted by Gasteiger charge is 2.48. The first-order valence-electron chi connectivity index (χ1n) is 9.04. The number of urea groups is 1. The summed E-state index contributed by atoms with van der Waals surface area (Å²) in [5, 5.41) is 3.94. The van der Waals surface area contributed by atoms with Gasteiger partial charge in [-0.2, -0.15) is 0 Å². The molecule has 2 aliphatic heterocycles. The molecule has 3 heterocycles. The second-order valence-corrected chi connectivity index (χ2v) is 9.14. The van der Waals surface area contributed by atoms with E-state index in [2.05, 4.69) is 22.2 Å². The van der Waals surface area contributed by atoms with Crippen molar-refractivity contribution in [1.29, 1.82) is 0 Å². The number of amides is 3. The van der Waals surface area contributed by atoms with Crippen molar-refractivity contribution in [3.05, 3.63) is 39.9 Å². The Morgan fingerprint density at radius 3 is 2.79 bits per heavy atom. The average molecular weight is 420 g/mol. The van der Waals surface area contributed by atoms with E-state index >= 15 is 0 Å². The number of anilines is 2. The lowest BCUT2D eigenvalue weighted by Gasteiger charge is -2.25. The van der Waals surface area contributed by atoms with Crippen LogP contribution in [0.25, 0.3) is 0 Å². The van der Waals surface area contributed by atoms with Gasteiger partial charge < -0.3 is 9.80 Å². The van der Waals surface area contributed by atoms with Gasteiger partial charge in [-0.25, -0.2) is 9.78 Å². The molecular weight excluding hydrogens is 398 g/mol. The summed E-state index contributed by atoms with van der Waals surface area (Å²) in [7, 11) is 5.47. The predicted octanol–water partition coefficient (Wildman–Crippen LogP) is 3.12. The molecule has 2 aliphatic rings. The van der Waals surface area contributed by atoms with E-state index in [-0.39, 0.29) is 17.4 Å². The van der Waals surface area contributed by atoms with Gasteiger partial charge in [0.2, 0.25) is 0 Å². The van der Waals surface area contributed by atoms with Crippen molar-refractivity contribution in [1.82, 2.24) is 14.8 Å². The monoisotopic (exact) mass is 419 g/mol. The Bertz CT molecular complexity index is 946. The Labute approximate surface area is 172 Å². The van der Waals surface area contributed by atoms with Crippen molar-refractivity contribution in [3.8, 4) is 0 Å². The van der Waals surface area contributed by atoms with E-state index in [9.17, 15) is 9.59 Å². The number of rotatable bonds is 2. The fraction of sp³-hybridized carbons (Fsp3) is 0.421. The minimum Gasteiger partial charge on any atom is -0.344 e. The normalized spacial score (nSPS) is 21.2. The van der Waals surface area contributed by atoms with Gasteiger partial charge in [0.25, 0.3) is 5.91 Å². The van der Waals surface area contributed by atoms with Crippen molar-refractivity contribution in [2.45, 2.75) is 11.8 Å². The van der Waals surface area contributed by atoms with Crippen LogP contribution in [0.4, 0.5) is 15.6 Å². The molecule has 9 heteroatoms. The van der Waals surface area contributed by atoms with Crippen molar-refractivity contribution >= 4 is 45.7 Å². The first kappa shape index (κ1) is 19.2. The van der Waals surface area contributed by atoms with Gasteiger partial charge in [0.15, 0.2) is 5.13 Å². The van der Waals surface area contributed by atoms with E-state index in [1.165, 1.54) is 22.4 Å². The Balaban J connectivity index is 1.58. The van der Waals surface area contributed by atoms with Crippen LogP contribution in [-0.2, 0) is 5.41 Å². The predicted molar refractivity (Wildman–Crippen MR) is 112 cm³/mol. The molecule has 1 fully saturated rings. The Morgan fingerprint density at radius 2 is 2.11 bits per heavy atom. The van der Waals surface area contributed by atoms with E-state index in [0.717, 1.165) is 30.8 Å². The lowest BCUT2D eigenvalue weighted by molar-refractivity contribution is 0.0832. The second-order valence-electron chi connectivity index (χ2n) is 7.68.